The van der Waals surface area contributed by atoms with E-state index in [0.717, 1.165) is 40.7 Å². The molecule has 0 spiro atoms. The topological polar surface area (TPSA) is 59.0 Å². The van der Waals surface area contributed by atoms with Gasteiger partial charge in [-0.3, -0.25) is 4.79 Å². The van der Waals surface area contributed by atoms with Crippen LogP contribution in [0.15, 0.2) is 30.3 Å². The lowest BCUT2D eigenvalue weighted by Gasteiger charge is -2.22. The van der Waals surface area contributed by atoms with Gasteiger partial charge in [-0.05, 0) is 26.0 Å². The highest BCUT2D eigenvalue weighted by Crippen LogP contribution is 2.18. The average molecular weight is 381 g/mol. The molecule has 1 aromatic carbocycles. The van der Waals surface area contributed by atoms with Gasteiger partial charge in [-0.1, -0.05) is 18.2 Å². The molecule has 1 fully saturated rings. The molecule has 7 heteroatoms. The van der Waals surface area contributed by atoms with Crippen LogP contribution in [0.1, 0.15) is 23.4 Å². The van der Waals surface area contributed by atoms with Crippen LogP contribution in [0.2, 0.25) is 0 Å². The summed E-state index contributed by atoms with van der Waals surface area (Å²) in [7, 11) is 0. The number of rotatable bonds is 5. The van der Waals surface area contributed by atoms with Gasteiger partial charge in [0, 0.05) is 48.3 Å². The standard InChI is InChI=1S/C18H24N4OS.ClH/c1-13-17(11-20-18(23)10-15-12-24-9-8-19-15)14(2)22(21-13)16-6-4-3-5-7-16;/h3-7,15,19H,8-12H2,1-2H3,(H,20,23);1H. The van der Waals surface area contributed by atoms with E-state index in [0.29, 0.717) is 13.0 Å². The van der Waals surface area contributed by atoms with Gasteiger partial charge < -0.3 is 10.6 Å². The molecule has 25 heavy (non-hydrogen) atoms. The van der Waals surface area contributed by atoms with Crippen molar-refractivity contribution in [1.29, 1.82) is 0 Å². The number of thioether (sulfide) groups is 1. The van der Waals surface area contributed by atoms with Crippen LogP contribution in [-0.2, 0) is 11.3 Å². The van der Waals surface area contributed by atoms with Gasteiger partial charge in [-0.2, -0.15) is 16.9 Å². The molecule has 3 rings (SSSR count). The van der Waals surface area contributed by atoms with Gasteiger partial charge in [-0.15, -0.1) is 12.4 Å². The van der Waals surface area contributed by atoms with Crippen molar-refractivity contribution >= 4 is 30.1 Å². The molecule has 1 unspecified atom stereocenters. The monoisotopic (exact) mass is 380 g/mol. The third-order valence-corrected chi connectivity index (χ3v) is 5.47. The van der Waals surface area contributed by atoms with Gasteiger partial charge >= 0.3 is 0 Å². The summed E-state index contributed by atoms with van der Waals surface area (Å²) in [5, 5.41) is 11.1. The Morgan fingerprint density at radius 3 is 2.80 bits per heavy atom. The third-order valence-electron chi connectivity index (χ3n) is 4.33. The molecular formula is C18H25ClN4OS. The number of carbonyl (C=O) groups excluding carboxylic acids is 1. The normalized spacial score (nSPS) is 17.0. The van der Waals surface area contributed by atoms with Crippen LogP contribution in [-0.4, -0.2) is 39.8 Å². The Morgan fingerprint density at radius 2 is 2.12 bits per heavy atom. The van der Waals surface area contributed by atoms with Gasteiger partial charge in [0.1, 0.15) is 0 Å². The molecule has 136 valence electrons. The summed E-state index contributed by atoms with van der Waals surface area (Å²) in [6.45, 7) is 5.56. The van der Waals surface area contributed by atoms with Crippen LogP contribution in [0.3, 0.4) is 0 Å². The summed E-state index contributed by atoms with van der Waals surface area (Å²) in [5.41, 5.74) is 4.17. The highest BCUT2D eigenvalue weighted by atomic mass is 35.5. The van der Waals surface area contributed by atoms with Crippen molar-refractivity contribution in [3.8, 4) is 5.69 Å². The Kier molecular flexibility index (Phi) is 7.35. The fourth-order valence-electron chi connectivity index (χ4n) is 2.99. The predicted octanol–water partition coefficient (Wildman–Crippen LogP) is 2.62. The van der Waals surface area contributed by atoms with Gasteiger partial charge in [0.15, 0.2) is 0 Å². The molecule has 1 amide bonds. The molecule has 0 bridgehead atoms. The van der Waals surface area contributed by atoms with Crippen molar-refractivity contribution in [3.63, 3.8) is 0 Å². The minimum Gasteiger partial charge on any atom is -0.352 e. The number of aryl methyl sites for hydroxylation is 1. The van der Waals surface area contributed by atoms with Gasteiger partial charge in [0.25, 0.3) is 0 Å². The molecule has 1 aromatic heterocycles. The summed E-state index contributed by atoms with van der Waals surface area (Å²) >= 11 is 1.91. The molecule has 1 aliphatic rings. The van der Waals surface area contributed by atoms with Crippen molar-refractivity contribution in [2.24, 2.45) is 0 Å². The number of hydrogen-bond donors (Lipinski definition) is 2. The van der Waals surface area contributed by atoms with Crippen molar-refractivity contribution in [2.45, 2.75) is 32.9 Å². The molecule has 2 N–H and O–H groups in total. The molecule has 5 nitrogen and oxygen atoms in total. The van der Waals surface area contributed by atoms with E-state index < -0.39 is 0 Å². The largest absolute Gasteiger partial charge is 0.352 e. The maximum Gasteiger partial charge on any atom is 0.221 e. The zero-order valence-electron chi connectivity index (χ0n) is 14.6. The van der Waals surface area contributed by atoms with Gasteiger partial charge in [0.2, 0.25) is 5.91 Å². The van der Waals surface area contributed by atoms with E-state index in [9.17, 15) is 4.79 Å². The van der Waals surface area contributed by atoms with Crippen LogP contribution >= 0.6 is 24.2 Å². The quantitative estimate of drug-likeness (QED) is 0.837. The Morgan fingerprint density at radius 1 is 1.36 bits per heavy atom. The zero-order chi connectivity index (χ0) is 16.9. The van der Waals surface area contributed by atoms with E-state index >= 15 is 0 Å². The van der Waals surface area contributed by atoms with Crippen molar-refractivity contribution in [1.82, 2.24) is 20.4 Å². The van der Waals surface area contributed by atoms with E-state index in [4.69, 9.17) is 0 Å². The second kappa shape index (κ2) is 9.27. The number of nitrogens with zero attached hydrogens (tertiary/aromatic N) is 2. The lowest BCUT2D eigenvalue weighted by Crippen LogP contribution is -2.41. The predicted molar refractivity (Wildman–Crippen MR) is 106 cm³/mol. The summed E-state index contributed by atoms with van der Waals surface area (Å²) in [5.74, 6) is 2.24. The van der Waals surface area contributed by atoms with E-state index in [1.807, 2.05) is 60.6 Å². The maximum absolute atomic E-state index is 12.2. The molecule has 1 aliphatic heterocycles. The molecule has 2 aromatic rings. The minimum atomic E-state index is 0. The summed E-state index contributed by atoms with van der Waals surface area (Å²) < 4.78 is 1.94. The first kappa shape index (κ1) is 19.8. The Hall–Kier alpha value is -1.50. The summed E-state index contributed by atoms with van der Waals surface area (Å²) in [6, 6.07) is 10.4. The number of halogens is 1. The number of amides is 1. The minimum absolute atomic E-state index is 0. The molecule has 0 saturated carbocycles. The molecule has 0 aliphatic carbocycles. The van der Waals surface area contributed by atoms with Crippen LogP contribution in [0, 0.1) is 13.8 Å². The van der Waals surface area contributed by atoms with Crippen LogP contribution in [0.25, 0.3) is 5.69 Å². The lowest BCUT2D eigenvalue weighted by atomic mass is 10.1. The second-order valence-electron chi connectivity index (χ2n) is 6.10. The van der Waals surface area contributed by atoms with Crippen LogP contribution < -0.4 is 10.6 Å². The number of carbonyl (C=O) groups is 1. The SMILES string of the molecule is Cc1nn(-c2ccccc2)c(C)c1CNC(=O)CC1CSCCN1.Cl. The van der Waals surface area contributed by atoms with Gasteiger partial charge in [0.05, 0.1) is 11.4 Å². The van der Waals surface area contributed by atoms with Crippen molar-refractivity contribution < 1.29 is 4.79 Å². The first-order valence-corrected chi connectivity index (χ1v) is 9.49. The summed E-state index contributed by atoms with van der Waals surface area (Å²) in [4.78, 5) is 12.2. The molecule has 1 saturated heterocycles. The second-order valence-corrected chi connectivity index (χ2v) is 7.25. The van der Waals surface area contributed by atoms with Crippen molar-refractivity contribution in [2.75, 3.05) is 18.1 Å². The number of hydrogen-bond acceptors (Lipinski definition) is 4. The highest BCUT2D eigenvalue weighted by molar-refractivity contribution is 7.99. The maximum atomic E-state index is 12.2. The van der Waals surface area contributed by atoms with E-state index in [-0.39, 0.29) is 24.4 Å². The van der Waals surface area contributed by atoms with Gasteiger partial charge in [-0.25, -0.2) is 4.68 Å². The lowest BCUT2D eigenvalue weighted by molar-refractivity contribution is -0.121. The fourth-order valence-corrected chi connectivity index (χ4v) is 3.93. The molecule has 0 radical (unpaired) electrons. The van der Waals surface area contributed by atoms with E-state index in [1.54, 1.807) is 0 Å². The Balaban J connectivity index is 0.00000225. The highest BCUT2D eigenvalue weighted by Gasteiger charge is 2.18. The number of nitrogens with one attached hydrogen (secondary N) is 2. The number of para-hydroxylation sites is 1. The van der Waals surface area contributed by atoms with E-state index in [1.165, 1.54) is 0 Å². The smallest absolute Gasteiger partial charge is 0.221 e. The number of benzene rings is 1. The fraction of sp³-hybridized carbons (Fsp3) is 0.444. The Labute approximate surface area is 159 Å². The average Bonchev–Trinajstić information content (AvgIpc) is 2.89. The first-order valence-electron chi connectivity index (χ1n) is 8.33. The molecular weight excluding hydrogens is 356 g/mol. The molecule has 2 heterocycles. The number of aromatic nitrogens is 2. The zero-order valence-corrected chi connectivity index (χ0v) is 16.3. The van der Waals surface area contributed by atoms with Crippen LogP contribution in [0.4, 0.5) is 0 Å². The molecule has 1 atom stereocenters. The van der Waals surface area contributed by atoms with Crippen molar-refractivity contribution in [3.05, 3.63) is 47.3 Å². The first-order chi connectivity index (χ1) is 11.6. The Bertz CT molecular complexity index is 699. The van der Waals surface area contributed by atoms with Crippen LogP contribution in [0.5, 0.6) is 0 Å². The summed E-state index contributed by atoms with van der Waals surface area (Å²) in [6.07, 6.45) is 0.540. The van der Waals surface area contributed by atoms with E-state index in [2.05, 4.69) is 15.7 Å². The third kappa shape index (κ3) is 5.00.